The molecule has 7 heteroatoms. The Morgan fingerprint density at radius 2 is 1.87 bits per heavy atom. The average molecular weight is 345 g/mol. The van der Waals surface area contributed by atoms with E-state index in [-0.39, 0.29) is 24.3 Å². The topological polar surface area (TPSA) is 73.5 Å². The highest BCUT2D eigenvalue weighted by atomic mass is 35.5. The van der Waals surface area contributed by atoms with E-state index in [4.69, 9.17) is 0 Å². The smallest absolute Gasteiger partial charge is 0.315 e. The zero-order valence-corrected chi connectivity index (χ0v) is 14.7. The number of hydrogen-bond acceptors (Lipinski definition) is 3. The molecule has 2 saturated heterocycles. The molecule has 2 atom stereocenters. The number of amides is 3. The highest BCUT2D eigenvalue weighted by Gasteiger charge is 2.49. The SMILES string of the molecule is CCNC(=O)NC1(C(=O)N2C3CCNCC2CC3)CCCC1.Cl. The Bertz CT molecular complexity index is 426. The molecule has 3 aliphatic rings. The van der Waals surface area contributed by atoms with Crippen LogP contribution in [0.15, 0.2) is 0 Å². The Morgan fingerprint density at radius 3 is 2.57 bits per heavy atom. The lowest BCUT2D eigenvalue weighted by Gasteiger charge is -2.38. The van der Waals surface area contributed by atoms with Gasteiger partial charge in [0.1, 0.15) is 5.54 Å². The summed E-state index contributed by atoms with van der Waals surface area (Å²) in [6.07, 6.45) is 6.78. The second-order valence-corrected chi connectivity index (χ2v) is 6.86. The van der Waals surface area contributed by atoms with Crippen LogP contribution in [0.2, 0.25) is 0 Å². The van der Waals surface area contributed by atoms with E-state index in [2.05, 4.69) is 20.9 Å². The minimum Gasteiger partial charge on any atom is -0.338 e. The van der Waals surface area contributed by atoms with Gasteiger partial charge in [0.05, 0.1) is 0 Å². The average Bonchev–Trinajstić information content (AvgIpc) is 3.03. The van der Waals surface area contributed by atoms with Gasteiger partial charge in [0, 0.05) is 25.2 Å². The van der Waals surface area contributed by atoms with Crippen LogP contribution < -0.4 is 16.0 Å². The summed E-state index contributed by atoms with van der Waals surface area (Å²) < 4.78 is 0. The third-order valence-electron chi connectivity index (χ3n) is 5.45. The standard InChI is InChI=1S/C16H28N4O2.ClH/c1-2-18-15(22)19-16(8-3-4-9-16)14(21)20-12-5-6-13(20)11-17-10-7-12;/h12-13,17H,2-11H2,1H3,(H2,18,19,22);1H. The lowest BCUT2D eigenvalue weighted by Crippen LogP contribution is -2.62. The van der Waals surface area contributed by atoms with Gasteiger partial charge in [-0.2, -0.15) is 0 Å². The molecule has 3 amide bonds. The fraction of sp³-hybridized carbons (Fsp3) is 0.875. The van der Waals surface area contributed by atoms with Crippen molar-refractivity contribution in [3.05, 3.63) is 0 Å². The van der Waals surface area contributed by atoms with Crippen LogP contribution in [-0.2, 0) is 4.79 Å². The van der Waals surface area contributed by atoms with Crippen LogP contribution in [0.4, 0.5) is 4.79 Å². The maximum Gasteiger partial charge on any atom is 0.315 e. The molecule has 2 unspecified atom stereocenters. The van der Waals surface area contributed by atoms with Gasteiger partial charge in [-0.15, -0.1) is 12.4 Å². The Hall–Kier alpha value is -1.01. The first-order valence-electron chi connectivity index (χ1n) is 8.76. The zero-order chi connectivity index (χ0) is 15.6. The third-order valence-corrected chi connectivity index (χ3v) is 5.45. The summed E-state index contributed by atoms with van der Waals surface area (Å²) in [6, 6.07) is 0.438. The summed E-state index contributed by atoms with van der Waals surface area (Å²) in [5.74, 6) is 0.160. The van der Waals surface area contributed by atoms with E-state index in [1.165, 1.54) is 0 Å². The predicted molar refractivity (Wildman–Crippen MR) is 91.8 cm³/mol. The molecule has 3 N–H and O–H groups in total. The molecule has 6 nitrogen and oxygen atoms in total. The van der Waals surface area contributed by atoms with Gasteiger partial charge in [0.25, 0.3) is 0 Å². The highest BCUT2D eigenvalue weighted by molar-refractivity contribution is 5.92. The number of carbonyl (C=O) groups is 2. The van der Waals surface area contributed by atoms with Crippen molar-refractivity contribution in [3.8, 4) is 0 Å². The molecular formula is C16H29ClN4O2. The highest BCUT2D eigenvalue weighted by Crippen LogP contribution is 2.36. The first kappa shape index (κ1) is 18.3. The molecule has 0 aromatic heterocycles. The fourth-order valence-corrected chi connectivity index (χ4v) is 4.35. The Labute approximate surface area is 144 Å². The second-order valence-electron chi connectivity index (χ2n) is 6.86. The fourth-order valence-electron chi connectivity index (χ4n) is 4.35. The van der Waals surface area contributed by atoms with E-state index in [0.29, 0.717) is 18.6 Å². The van der Waals surface area contributed by atoms with E-state index >= 15 is 0 Å². The van der Waals surface area contributed by atoms with Crippen molar-refractivity contribution in [2.45, 2.75) is 69.5 Å². The Balaban J connectivity index is 0.00000192. The van der Waals surface area contributed by atoms with Crippen LogP contribution in [0.1, 0.15) is 51.9 Å². The van der Waals surface area contributed by atoms with Crippen LogP contribution in [0.25, 0.3) is 0 Å². The first-order chi connectivity index (χ1) is 10.7. The quantitative estimate of drug-likeness (QED) is 0.724. The van der Waals surface area contributed by atoms with Crippen molar-refractivity contribution >= 4 is 24.3 Å². The van der Waals surface area contributed by atoms with E-state index in [0.717, 1.165) is 58.0 Å². The molecule has 2 aliphatic heterocycles. The van der Waals surface area contributed by atoms with E-state index in [1.807, 2.05) is 6.92 Å². The van der Waals surface area contributed by atoms with Gasteiger partial charge in [-0.1, -0.05) is 12.8 Å². The number of fused-ring (bicyclic) bond motifs is 2. The van der Waals surface area contributed by atoms with Crippen molar-refractivity contribution < 1.29 is 9.59 Å². The largest absolute Gasteiger partial charge is 0.338 e. The summed E-state index contributed by atoms with van der Waals surface area (Å²) >= 11 is 0. The summed E-state index contributed by atoms with van der Waals surface area (Å²) in [6.45, 7) is 4.35. The van der Waals surface area contributed by atoms with E-state index in [1.54, 1.807) is 0 Å². The minimum absolute atomic E-state index is 0. The van der Waals surface area contributed by atoms with Gasteiger partial charge in [-0.3, -0.25) is 4.79 Å². The minimum atomic E-state index is -0.676. The first-order valence-corrected chi connectivity index (χ1v) is 8.76. The van der Waals surface area contributed by atoms with Crippen LogP contribution in [-0.4, -0.2) is 54.1 Å². The lowest BCUT2D eigenvalue weighted by molar-refractivity contribution is -0.140. The van der Waals surface area contributed by atoms with Gasteiger partial charge in [0.2, 0.25) is 5.91 Å². The van der Waals surface area contributed by atoms with Crippen LogP contribution in [0, 0.1) is 0 Å². The van der Waals surface area contributed by atoms with Crippen molar-refractivity contribution in [1.82, 2.24) is 20.9 Å². The van der Waals surface area contributed by atoms with Crippen molar-refractivity contribution in [2.24, 2.45) is 0 Å². The summed E-state index contributed by atoms with van der Waals surface area (Å²) in [4.78, 5) is 27.5. The molecule has 1 saturated carbocycles. The van der Waals surface area contributed by atoms with Crippen LogP contribution in [0.3, 0.4) is 0 Å². The lowest BCUT2D eigenvalue weighted by atomic mass is 9.94. The number of carbonyl (C=O) groups excluding carboxylic acids is 2. The molecule has 0 aromatic carbocycles. The van der Waals surface area contributed by atoms with Gasteiger partial charge in [0.15, 0.2) is 0 Å². The molecule has 132 valence electrons. The van der Waals surface area contributed by atoms with Gasteiger partial charge < -0.3 is 20.9 Å². The van der Waals surface area contributed by atoms with Gasteiger partial charge in [-0.25, -0.2) is 4.79 Å². The molecule has 23 heavy (non-hydrogen) atoms. The van der Waals surface area contributed by atoms with E-state index < -0.39 is 5.54 Å². The number of urea groups is 1. The molecule has 2 heterocycles. The molecule has 1 aliphatic carbocycles. The number of nitrogens with one attached hydrogen (secondary N) is 3. The number of nitrogens with zero attached hydrogens (tertiary/aromatic N) is 1. The van der Waals surface area contributed by atoms with Crippen LogP contribution >= 0.6 is 12.4 Å². The van der Waals surface area contributed by atoms with Crippen molar-refractivity contribution in [1.29, 1.82) is 0 Å². The normalized spacial score (nSPS) is 28.7. The molecule has 3 rings (SSSR count). The molecule has 0 radical (unpaired) electrons. The monoisotopic (exact) mass is 344 g/mol. The number of halogens is 1. The summed E-state index contributed by atoms with van der Waals surface area (Å²) in [5, 5.41) is 9.22. The number of hydrogen-bond donors (Lipinski definition) is 3. The molecule has 2 bridgehead atoms. The Morgan fingerprint density at radius 1 is 1.17 bits per heavy atom. The molecule has 3 fully saturated rings. The van der Waals surface area contributed by atoms with Crippen molar-refractivity contribution in [2.75, 3.05) is 19.6 Å². The second kappa shape index (κ2) is 7.71. The van der Waals surface area contributed by atoms with Gasteiger partial charge in [-0.05, 0) is 45.6 Å². The molecule has 0 aromatic rings. The van der Waals surface area contributed by atoms with Crippen LogP contribution in [0.5, 0.6) is 0 Å². The van der Waals surface area contributed by atoms with Gasteiger partial charge >= 0.3 is 6.03 Å². The third kappa shape index (κ3) is 3.58. The predicted octanol–water partition coefficient (Wildman–Crippen LogP) is 1.39. The summed E-state index contributed by atoms with van der Waals surface area (Å²) in [5.41, 5.74) is -0.676. The van der Waals surface area contributed by atoms with Crippen molar-refractivity contribution in [3.63, 3.8) is 0 Å². The maximum absolute atomic E-state index is 13.3. The number of rotatable bonds is 3. The maximum atomic E-state index is 13.3. The summed E-state index contributed by atoms with van der Waals surface area (Å²) in [7, 11) is 0. The zero-order valence-electron chi connectivity index (χ0n) is 13.9. The van der Waals surface area contributed by atoms with E-state index in [9.17, 15) is 9.59 Å². The molecule has 0 spiro atoms. The Kier molecular flexibility index (Phi) is 6.14. The molecular weight excluding hydrogens is 316 g/mol.